The van der Waals surface area contributed by atoms with Crippen molar-refractivity contribution in [2.45, 2.75) is 38.8 Å². The quantitative estimate of drug-likeness (QED) is 0.791. The fourth-order valence-corrected chi connectivity index (χ4v) is 3.03. The summed E-state index contributed by atoms with van der Waals surface area (Å²) in [6.07, 6.45) is 3.75. The summed E-state index contributed by atoms with van der Waals surface area (Å²) in [6, 6.07) is 7.72. The Bertz CT molecular complexity index is 682. The van der Waals surface area contributed by atoms with Gasteiger partial charge in [-0.1, -0.05) is 0 Å². The second-order valence-electron chi connectivity index (χ2n) is 5.72. The minimum absolute atomic E-state index is 0.130. The van der Waals surface area contributed by atoms with Crippen molar-refractivity contribution in [3.63, 3.8) is 0 Å². The molecule has 2 N–H and O–H groups in total. The molecule has 0 saturated carbocycles. The Morgan fingerprint density at radius 1 is 1.19 bits per heavy atom. The predicted molar refractivity (Wildman–Crippen MR) is 81.9 cm³/mol. The number of aromatic nitrogens is 1. The fraction of sp³-hybridized carbons (Fsp3) is 0.375. The van der Waals surface area contributed by atoms with Gasteiger partial charge in [0.2, 0.25) is 0 Å². The van der Waals surface area contributed by atoms with Gasteiger partial charge in [-0.25, -0.2) is 0 Å². The van der Waals surface area contributed by atoms with Crippen LogP contribution in [0.1, 0.15) is 26.7 Å². The smallest absolute Gasteiger partial charge is 0.313 e. The molecule has 1 saturated heterocycles. The van der Waals surface area contributed by atoms with Gasteiger partial charge in [-0.2, -0.15) is 0 Å². The maximum absolute atomic E-state index is 12.3. The van der Waals surface area contributed by atoms with E-state index in [2.05, 4.69) is 10.3 Å². The number of anilines is 1. The van der Waals surface area contributed by atoms with Gasteiger partial charge in [-0.3, -0.25) is 9.59 Å². The van der Waals surface area contributed by atoms with Crippen LogP contribution in [0, 0.1) is 0 Å². The van der Waals surface area contributed by atoms with Gasteiger partial charge in [0, 0.05) is 34.9 Å². The lowest BCUT2D eigenvalue weighted by atomic mass is 10.2. The van der Waals surface area contributed by atoms with Crippen LogP contribution >= 0.6 is 0 Å². The molecule has 2 amide bonds. The van der Waals surface area contributed by atoms with E-state index in [-0.39, 0.29) is 12.1 Å². The number of hydrogen-bond acceptors (Lipinski definition) is 2. The molecule has 1 aromatic heterocycles. The molecule has 5 nitrogen and oxygen atoms in total. The molecule has 0 radical (unpaired) electrons. The SMILES string of the molecule is C[C@@H]1CC[C@@H](C)N1C(=O)C(=O)Nc1ccc2[nH]ccc2c1. The van der Waals surface area contributed by atoms with Crippen LogP contribution in [0.15, 0.2) is 30.5 Å². The van der Waals surface area contributed by atoms with Crippen molar-refractivity contribution in [3.8, 4) is 0 Å². The van der Waals surface area contributed by atoms with E-state index in [1.165, 1.54) is 0 Å². The molecule has 1 aliphatic heterocycles. The van der Waals surface area contributed by atoms with Crippen LogP contribution in [-0.4, -0.2) is 33.8 Å². The number of fused-ring (bicyclic) bond motifs is 1. The highest BCUT2D eigenvalue weighted by molar-refractivity contribution is 6.39. The molecule has 21 heavy (non-hydrogen) atoms. The largest absolute Gasteiger partial charge is 0.361 e. The Kier molecular flexibility index (Phi) is 3.41. The lowest BCUT2D eigenvalue weighted by Gasteiger charge is -2.25. The van der Waals surface area contributed by atoms with Crippen LogP contribution in [0.2, 0.25) is 0 Å². The normalized spacial score (nSPS) is 21.7. The predicted octanol–water partition coefficient (Wildman–Crippen LogP) is 2.51. The van der Waals surface area contributed by atoms with E-state index in [4.69, 9.17) is 0 Å². The Morgan fingerprint density at radius 3 is 2.62 bits per heavy atom. The minimum Gasteiger partial charge on any atom is -0.361 e. The Morgan fingerprint density at radius 2 is 1.90 bits per heavy atom. The molecular formula is C16H19N3O2. The van der Waals surface area contributed by atoms with E-state index in [0.29, 0.717) is 5.69 Å². The second kappa shape index (κ2) is 5.24. The van der Waals surface area contributed by atoms with Gasteiger partial charge in [0.15, 0.2) is 0 Å². The maximum Gasteiger partial charge on any atom is 0.313 e. The first-order chi connectivity index (χ1) is 10.1. The van der Waals surface area contributed by atoms with Crippen LogP contribution in [0.3, 0.4) is 0 Å². The molecule has 3 rings (SSSR count). The maximum atomic E-state index is 12.3. The van der Waals surface area contributed by atoms with Gasteiger partial charge in [0.05, 0.1) is 0 Å². The van der Waals surface area contributed by atoms with E-state index in [1.54, 1.807) is 11.0 Å². The van der Waals surface area contributed by atoms with E-state index in [1.807, 2.05) is 38.2 Å². The summed E-state index contributed by atoms with van der Waals surface area (Å²) in [5, 5.41) is 3.70. The molecule has 0 bridgehead atoms. The lowest BCUT2D eigenvalue weighted by Crippen LogP contribution is -2.44. The van der Waals surface area contributed by atoms with Crippen molar-refractivity contribution in [1.29, 1.82) is 0 Å². The van der Waals surface area contributed by atoms with Gasteiger partial charge in [0.1, 0.15) is 0 Å². The van der Waals surface area contributed by atoms with E-state index in [0.717, 1.165) is 23.7 Å². The summed E-state index contributed by atoms with van der Waals surface area (Å²) in [5.74, 6) is -1.01. The molecule has 0 aliphatic carbocycles. The third-order valence-corrected chi connectivity index (χ3v) is 4.19. The highest BCUT2D eigenvalue weighted by Gasteiger charge is 2.34. The monoisotopic (exact) mass is 285 g/mol. The summed E-state index contributed by atoms with van der Waals surface area (Å²) in [4.78, 5) is 29.2. The highest BCUT2D eigenvalue weighted by atomic mass is 16.2. The zero-order valence-electron chi connectivity index (χ0n) is 12.2. The molecule has 2 heterocycles. The number of H-pyrrole nitrogens is 1. The van der Waals surface area contributed by atoms with Crippen LogP contribution in [0.4, 0.5) is 5.69 Å². The van der Waals surface area contributed by atoms with Gasteiger partial charge in [-0.15, -0.1) is 0 Å². The summed E-state index contributed by atoms with van der Waals surface area (Å²) in [6.45, 7) is 3.97. The third kappa shape index (κ3) is 2.51. The first-order valence-electron chi connectivity index (χ1n) is 7.27. The van der Waals surface area contributed by atoms with Crippen LogP contribution in [-0.2, 0) is 9.59 Å². The van der Waals surface area contributed by atoms with Crippen molar-refractivity contribution in [3.05, 3.63) is 30.5 Å². The van der Waals surface area contributed by atoms with E-state index in [9.17, 15) is 9.59 Å². The van der Waals surface area contributed by atoms with Crippen molar-refractivity contribution >= 4 is 28.4 Å². The van der Waals surface area contributed by atoms with Crippen molar-refractivity contribution in [2.24, 2.45) is 0 Å². The first-order valence-corrected chi connectivity index (χ1v) is 7.27. The number of benzene rings is 1. The van der Waals surface area contributed by atoms with Gasteiger partial charge >= 0.3 is 11.8 Å². The van der Waals surface area contributed by atoms with Crippen LogP contribution in [0.25, 0.3) is 10.9 Å². The number of carbonyl (C=O) groups excluding carboxylic acids is 2. The standard InChI is InChI=1S/C16H19N3O2/c1-10-3-4-11(2)19(10)16(21)15(20)18-13-5-6-14-12(9-13)7-8-17-14/h5-11,17H,3-4H2,1-2H3,(H,18,20)/t10-,11-/m1/s1. The molecule has 0 spiro atoms. The summed E-state index contributed by atoms with van der Waals surface area (Å²) in [7, 11) is 0. The molecule has 0 unspecified atom stereocenters. The molecule has 5 heteroatoms. The average Bonchev–Trinajstić information content (AvgIpc) is 3.04. The van der Waals surface area contributed by atoms with Gasteiger partial charge < -0.3 is 15.2 Å². The lowest BCUT2D eigenvalue weighted by molar-refractivity contribution is -0.144. The molecule has 2 atom stereocenters. The van der Waals surface area contributed by atoms with Crippen LogP contribution in [0.5, 0.6) is 0 Å². The number of likely N-dealkylation sites (tertiary alicyclic amines) is 1. The first kappa shape index (κ1) is 13.7. The van der Waals surface area contributed by atoms with Crippen molar-refractivity contribution in [2.75, 3.05) is 5.32 Å². The summed E-state index contributed by atoms with van der Waals surface area (Å²) >= 11 is 0. The Balaban J connectivity index is 1.74. The zero-order valence-corrected chi connectivity index (χ0v) is 12.2. The number of carbonyl (C=O) groups is 2. The molecule has 1 aliphatic rings. The van der Waals surface area contributed by atoms with E-state index >= 15 is 0 Å². The number of nitrogens with zero attached hydrogens (tertiary/aromatic N) is 1. The van der Waals surface area contributed by atoms with Crippen molar-refractivity contribution < 1.29 is 9.59 Å². The van der Waals surface area contributed by atoms with E-state index < -0.39 is 11.8 Å². The third-order valence-electron chi connectivity index (χ3n) is 4.19. The Hall–Kier alpha value is -2.30. The number of rotatable bonds is 1. The van der Waals surface area contributed by atoms with Crippen molar-refractivity contribution in [1.82, 2.24) is 9.88 Å². The molecular weight excluding hydrogens is 266 g/mol. The topological polar surface area (TPSA) is 65.2 Å². The summed E-state index contributed by atoms with van der Waals surface area (Å²) in [5.41, 5.74) is 1.64. The van der Waals surface area contributed by atoms with Gasteiger partial charge in [-0.05, 0) is 51.0 Å². The molecule has 2 aromatic rings. The van der Waals surface area contributed by atoms with Gasteiger partial charge in [0.25, 0.3) is 0 Å². The molecule has 1 aromatic carbocycles. The average molecular weight is 285 g/mol. The minimum atomic E-state index is -0.564. The number of amides is 2. The number of nitrogens with one attached hydrogen (secondary N) is 2. The zero-order chi connectivity index (χ0) is 15.0. The highest BCUT2D eigenvalue weighted by Crippen LogP contribution is 2.24. The molecule has 1 fully saturated rings. The molecule has 110 valence electrons. The Labute approximate surface area is 123 Å². The second-order valence-corrected chi connectivity index (χ2v) is 5.72. The van der Waals surface area contributed by atoms with Crippen LogP contribution < -0.4 is 5.32 Å². The fourth-order valence-electron chi connectivity index (χ4n) is 3.03. The summed E-state index contributed by atoms with van der Waals surface area (Å²) < 4.78 is 0. The number of hydrogen-bond donors (Lipinski definition) is 2. The number of aromatic amines is 1.